The zero-order valence-electron chi connectivity index (χ0n) is 19.6. The second-order valence-corrected chi connectivity index (χ2v) is 9.04. The third-order valence-electron chi connectivity index (χ3n) is 6.79. The molecule has 7 heteroatoms. The first-order valence-electron chi connectivity index (χ1n) is 11.4. The number of hydrogen-bond donors (Lipinski definition) is 0. The second-order valence-electron chi connectivity index (χ2n) is 9.04. The highest BCUT2D eigenvalue weighted by Gasteiger charge is 2.33. The average Bonchev–Trinajstić information content (AvgIpc) is 3.25. The summed E-state index contributed by atoms with van der Waals surface area (Å²) in [6.07, 6.45) is 8.83. The van der Waals surface area contributed by atoms with Crippen molar-refractivity contribution < 1.29 is 4.39 Å². The van der Waals surface area contributed by atoms with Crippen molar-refractivity contribution in [2.24, 2.45) is 12.0 Å². The van der Waals surface area contributed by atoms with Gasteiger partial charge in [0.25, 0.3) is 0 Å². The summed E-state index contributed by atoms with van der Waals surface area (Å²) in [4.78, 5) is 15.8. The SMILES string of the molecule is CN(c1ccc(C2(C)CCC2)cc1)c1nc(-c2ccccc2F)ncc1N=Cc1ccnn1C. The number of anilines is 2. The summed E-state index contributed by atoms with van der Waals surface area (Å²) >= 11 is 0. The number of halogens is 1. The Hall–Kier alpha value is -3.87. The minimum absolute atomic E-state index is 0.280. The summed E-state index contributed by atoms with van der Waals surface area (Å²) in [6.45, 7) is 2.32. The van der Waals surface area contributed by atoms with Gasteiger partial charge in [-0.05, 0) is 54.2 Å². The molecule has 0 N–H and O–H groups in total. The van der Waals surface area contributed by atoms with E-state index in [0.29, 0.717) is 22.9 Å². The Labute approximate surface area is 198 Å². The molecule has 0 saturated heterocycles. The number of rotatable bonds is 6. The molecule has 0 spiro atoms. The Morgan fingerprint density at radius 2 is 1.85 bits per heavy atom. The predicted molar refractivity (Wildman–Crippen MR) is 134 cm³/mol. The lowest BCUT2D eigenvalue weighted by Gasteiger charge is -2.39. The second kappa shape index (κ2) is 8.82. The van der Waals surface area contributed by atoms with E-state index in [9.17, 15) is 4.39 Å². The smallest absolute Gasteiger partial charge is 0.164 e. The van der Waals surface area contributed by atoms with Gasteiger partial charge in [-0.2, -0.15) is 5.10 Å². The van der Waals surface area contributed by atoms with E-state index in [1.165, 1.54) is 30.9 Å². The number of aryl methyl sites for hydroxylation is 1. The van der Waals surface area contributed by atoms with Gasteiger partial charge in [0.15, 0.2) is 11.6 Å². The molecular formula is C27H27FN6. The summed E-state index contributed by atoms with van der Waals surface area (Å²) in [5.74, 6) is 0.549. The number of hydrogen-bond acceptors (Lipinski definition) is 5. The molecule has 2 heterocycles. The molecule has 5 rings (SSSR count). The van der Waals surface area contributed by atoms with E-state index in [4.69, 9.17) is 4.98 Å². The third-order valence-corrected chi connectivity index (χ3v) is 6.79. The van der Waals surface area contributed by atoms with Crippen LogP contribution in [-0.2, 0) is 12.5 Å². The first kappa shape index (κ1) is 21.9. The van der Waals surface area contributed by atoms with Crippen LogP contribution in [0.1, 0.15) is 37.4 Å². The maximum absolute atomic E-state index is 14.5. The molecule has 172 valence electrons. The van der Waals surface area contributed by atoms with E-state index < -0.39 is 0 Å². The molecule has 34 heavy (non-hydrogen) atoms. The van der Waals surface area contributed by atoms with Crippen LogP contribution >= 0.6 is 0 Å². The Morgan fingerprint density at radius 1 is 1.09 bits per heavy atom. The van der Waals surface area contributed by atoms with Gasteiger partial charge in [-0.1, -0.05) is 37.6 Å². The third kappa shape index (κ3) is 4.09. The van der Waals surface area contributed by atoms with Crippen LogP contribution in [0.25, 0.3) is 11.4 Å². The Balaban J connectivity index is 1.54. The summed E-state index contributed by atoms with van der Waals surface area (Å²) in [5.41, 5.74) is 4.40. The predicted octanol–water partition coefficient (Wildman–Crippen LogP) is 5.98. The molecular weight excluding hydrogens is 427 g/mol. The van der Waals surface area contributed by atoms with E-state index >= 15 is 0 Å². The van der Waals surface area contributed by atoms with Crippen LogP contribution in [0.5, 0.6) is 0 Å². The van der Waals surface area contributed by atoms with Crippen molar-refractivity contribution >= 4 is 23.4 Å². The Kier molecular flexibility index (Phi) is 5.69. The van der Waals surface area contributed by atoms with Gasteiger partial charge in [-0.3, -0.25) is 4.68 Å². The average molecular weight is 455 g/mol. The molecule has 1 fully saturated rings. The Morgan fingerprint density at radius 3 is 2.50 bits per heavy atom. The van der Waals surface area contributed by atoms with Crippen molar-refractivity contribution in [3.05, 3.63) is 84.1 Å². The molecule has 0 bridgehead atoms. The van der Waals surface area contributed by atoms with E-state index in [1.54, 1.807) is 41.5 Å². The van der Waals surface area contributed by atoms with E-state index in [-0.39, 0.29) is 11.2 Å². The molecule has 1 aliphatic rings. The van der Waals surface area contributed by atoms with E-state index in [0.717, 1.165) is 11.4 Å². The minimum Gasteiger partial charge on any atom is -0.328 e. The van der Waals surface area contributed by atoms with Gasteiger partial charge in [0.2, 0.25) is 0 Å². The molecule has 0 unspecified atom stereocenters. The topological polar surface area (TPSA) is 59.2 Å². The van der Waals surface area contributed by atoms with Crippen molar-refractivity contribution in [3.63, 3.8) is 0 Å². The maximum Gasteiger partial charge on any atom is 0.164 e. The van der Waals surface area contributed by atoms with Crippen molar-refractivity contribution in [1.29, 1.82) is 0 Å². The fourth-order valence-electron chi connectivity index (χ4n) is 4.33. The van der Waals surface area contributed by atoms with Crippen molar-refractivity contribution in [2.75, 3.05) is 11.9 Å². The number of nitrogens with zero attached hydrogens (tertiary/aromatic N) is 6. The van der Waals surface area contributed by atoms with Gasteiger partial charge in [-0.15, -0.1) is 0 Å². The monoisotopic (exact) mass is 454 g/mol. The minimum atomic E-state index is -0.361. The lowest BCUT2D eigenvalue weighted by molar-refractivity contribution is 0.272. The zero-order valence-corrected chi connectivity index (χ0v) is 19.6. The zero-order chi connectivity index (χ0) is 23.7. The van der Waals surface area contributed by atoms with Crippen LogP contribution in [0.4, 0.5) is 21.6 Å². The van der Waals surface area contributed by atoms with Crippen LogP contribution in [0, 0.1) is 5.82 Å². The van der Waals surface area contributed by atoms with Gasteiger partial charge >= 0.3 is 0 Å². The van der Waals surface area contributed by atoms with Crippen LogP contribution in [-0.4, -0.2) is 33.0 Å². The van der Waals surface area contributed by atoms with E-state index in [2.05, 4.69) is 46.3 Å². The van der Waals surface area contributed by atoms with Gasteiger partial charge < -0.3 is 4.90 Å². The molecule has 0 radical (unpaired) electrons. The molecule has 6 nitrogen and oxygen atoms in total. The molecule has 2 aromatic carbocycles. The van der Waals surface area contributed by atoms with Crippen molar-refractivity contribution in [2.45, 2.75) is 31.6 Å². The molecule has 0 amide bonds. The maximum atomic E-state index is 14.5. The van der Waals surface area contributed by atoms with Crippen molar-refractivity contribution in [1.82, 2.24) is 19.7 Å². The quantitative estimate of drug-likeness (QED) is 0.337. The highest BCUT2D eigenvalue weighted by atomic mass is 19.1. The van der Waals surface area contributed by atoms with Crippen LogP contribution in [0.3, 0.4) is 0 Å². The fourth-order valence-corrected chi connectivity index (χ4v) is 4.33. The molecule has 2 aromatic heterocycles. The van der Waals surface area contributed by atoms with Crippen LogP contribution in [0.2, 0.25) is 0 Å². The number of benzene rings is 2. The van der Waals surface area contributed by atoms with Gasteiger partial charge in [0.1, 0.15) is 11.5 Å². The van der Waals surface area contributed by atoms with Gasteiger partial charge in [0, 0.05) is 26.0 Å². The molecule has 0 aliphatic heterocycles. The lowest BCUT2D eigenvalue weighted by atomic mass is 9.66. The fraction of sp³-hybridized carbons (Fsp3) is 0.259. The summed E-state index contributed by atoms with van der Waals surface area (Å²) in [7, 11) is 3.80. The standard InChI is InChI=1S/C27H27FN6/c1-27(14-6-15-27)19-9-11-20(12-10-19)33(2)26-24(29-17-21-13-16-31-34(21)3)18-30-25(32-26)22-7-4-5-8-23(22)28/h4-5,7-13,16-18H,6,14-15H2,1-3H3. The normalized spacial score (nSPS) is 14.8. The van der Waals surface area contributed by atoms with Gasteiger partial charge in [-0.25, -0.2) is 19.4 Å². The highest BCUT2D eigenvalue weighted by Crippen LogP contribution is 2.43. The number of aromatic nitrogens is 4. The first-order valence-corrected chi connectivity index (χ1v) is 11.4. The summed E-state index contributed by atoms with van der Waals surface area (Å²) in [6, 6.07) is 17.0. The lowest BCUT2D eigenvalue weighted by Crippen LogP contribution is -2.30. The first-order chi connectivity index (χ1) is 16.4. The van der Waals surface area contributed by atoms with Crippen LogP contribution in [0.15, 0.2) is 72.0 Å². The van der Waals surface area contributed by atoms with Crippen molar-refractivity contribution in [3.8, 4) is 11.4 Å². The number of aliphatic imine (C=N–C) groups is 1. The highest BCUT2D eigenvalue weighted by molar-refractivity contribution is 5.83. The molecule has 1 saturated carbocycles. The molecule has 4 aromatic rings. The summed E-state index contributed by atoms with van der Waals surface area (Å²) in [5, 5.41) is 4.18. The largest absolute Gasteiger partial charge is 0.328 e. The van der Waals surface area contributed by atoms with Gasteiger partial charge in [0.05, 0.1) is 23.7 Å². The Bertz CT molecular complexity index is 1340. The molecule has 0 atom stereocenters. The summed E-state index contributed by atoms with van der Waals surface area (Å²) < 4.78 is 16.2. The van der Waals surface area contributed by atoms with Crippen LogP contribution < -0.4 is 4.90 Å². The molecule has 1 aliphatic carbocycles. The van der Waals surface area contributed by atoms with E-state index in [1.807, 2.05) is 25.1 Å².